The summed E-state index contributed by atoms with van der Waals surface area (Å²) in [6.07, 6.45) is 3.08. The first-order valence-electron chi connectivity index (χ1n) is 13.9. The predicted octanol–water partition coefficient (Wildman–Crippen LogP) is 5.92. The molecule has 0 unspecified atom stereocenters. The lowest BCUT2D eigenvalue weighted by atomic mass is 10.1. The Kier molecular flexibility index (Phi) is 7.73. The third-order valence-electron chi connectivity index (χ3n) is 7.34. The molecule has 39 heavy (non-hydrogen) atoms. The Hall–Kier alpha value is -3.68. The van der Waals surface area contributed by atoms with Gasteiger partial charge in [-0.1, -0.05) is 17.7 Å². The number of ether oxygens (including phenoxy) is 2. The van der Waals surface area contributed by atoms with Crippen molar-refractivity contribution in [1.82, 2.24) is 10.2 Å². The average Bonchev–Trinajstić information content (AvgIpc) is 3.33. The highest BCUT2D eigenvalue weighted by Crippen LogP contribution is 2.28. The van der Waals surface area contributed by atoms with E-state index in [1.807, 2.05) is 39.0 Å². The van der Waals surface area contributed by atoms with Gasteiger partial charge in [-0.3, -0.25) is 4.79 Å². The summed E-state index contributed by atoms with van der Waals surface area (Å²) in [7, 11) is 0. The van der Waals surface area contributed by atoms with Crippen molar-refractivity contribution in [3.05, 3.63) is 59.9 Å². The minimum Gasteiger partial charge on any atom is -0.490 e. The van der Waals surface area contributed by atoms with Crippen molar-refractivity contribution >= 4 is 28.7 Å². The Labute approximate surface area is 230 Å². The average molecular weight is 534 g/mol. The van der Waals surface area contributed by atoms with Gasteiger partial charge in [-0.05, 0) is 70.9 Å². The van der Waals surface area contributed by atoms with E-state index in [4.69, 9.17) is 13.9 Å². The van der Waals surface area contributed by atoms with E-state index in [2.05, 4.69) is 41.4 Å². The molecule has 2 aliphatic rings. The molecular weight excluding hydrogens is 494 g/mol. The molecule has 208 valence electrons. The number of nitrogens with zero attached hydrogens (tertiary/aromatic N) is 2. The summed E-state index contributed by atoms with van der Waals surface area (Å²) < 4.78 is 17.7. The number of benzene rings is 2. The van der Waals surface area contributed by atoms with E-state index >= 15 is 0 Å². The molecule has 1 aromatic heterocycles. The summed E-state index contributed by atoms with van der Waals surface area (Å²) in [6, 6.07) is 16.2. The zero-order chi connectivity index (χ0) is 27.6. The molecular formula is C31H39N3O5. The number of hydrogen-bond acceptors (Lipinski definition) is 6. The topological polar surface area (TPSA) is 84.2 Å². The highest BCUT2D eigenvalue weighted by Gasteiger charge is 2.28. The maximum atomic E-state index is 12.9. The fraction of sp³-hybridized carbons (Fsp3) is 0.484. The van der Waals surface area contributed by atoms with E-state index < -0.39 is 5.60 Å². The number of nitrogens with one attached hydrogen (secondary N) is 1. The number of anilines is 1. The normalized spacial score (nSPS) is 17.3. The number of aryl methyl sites for hydroxylation is 1. The van der Waals surface area contributed by atoms with E-state index in [1.165, 1.54) is 11.3 Å². The third-order valence-corrected chi connectivity index (χ3v) is 7.34. The number of fused-ring (bicyclic) bond motifs is 1. The van der Waals surface area contributed by atoms with Crippen molar-refractivity contribution in [1.29, 1.82) is 0 Å². The molecule has 5 rings (SSSR count). The predicted molar refractivity (Wildman–Crippen MR) is 152 cm³/mol. The van der Waals surface area contributed by atoms with Crippen LogP contribution in [0.5, 0.6) is 5.75 Å². The lowest BCUT2D eigenvalue weighted by Gasteiger charge is -2.33. The van der Waals surface area contributed by atoms with E-state index in [1.54, 1.807) is 11.0 Å². The van der Waals surface area contributed by atoms with Crippen LogP contribution in [0.2, 0.25) is 0 Å². The van der Waals surface area contributed by atoms with Crippen LogP contribution in [0.25, 0.3) is 11.0 Å². The van der Waals surface area contributed by atoms with Crippen LogP contribution in [-0.4, -0.2) is 60.8 Å². The molecule has 8 nitrogen and oxygen atoms in total. The van der Waals surface area contributed by atoms with Gasteiger partial charge in [0.1, 0.15) is 23.0 Å². The first kappa shape index (κ1) is 26.9. The van der Waals surface area contributed by atoms with Gasteiger partial charge in [0.15, 0.2) is 5.76 Å². The number of likely N-dealkylation sites (tertiary alicyclic amines) is 1. The van der Waals surface area contributed by atoms with Crippen molar-refractivity contribution in [3.63, 3.8) is 0 Å². The minimum atomic E-state index is -0.520. The molecule has 0 bridgehead atoms. The number of carbonyl (C=O) groups excluding carboxylic acids is 2. The highest BCUT2D eigenvalue weighted by molar-refractivity contribution is 5.96. The van der Waals surface area contributed by atoms with Gasteiger partial charge >= 0.3 is 6.09 Å². The Morgan fingerprint density at radius 1 is 0.923 bits per heavy atom. The lowest BCUT2D eigenvalue weighted by Crippen LogP contribution is -2.47. The van der Waals surface area contributed by atoms with E-state index in [0.717, 1.165) is 37.1 Å². The number of amides is 2. The van der Waals surface area contributed by atoms with Gasteiger partial charge in [0.25, 0.3) is 5.91 Å². The van der Waals surface area contributed by atoms with E-state index in [9.17, 15) is 9.59 Å². The molecule has 0 atom stereocenters. The van der Waals surface area contributed by atoms with Gasteiger partial charge in [0.05, 0.1) is 0 Å². The number of rotatable bonds is 5. The minimum absolute atomic E-state index is 0.0194. The molecule has 8 heteroatoms. The third kappa shape index (κ3) is 6.85. The number of carbonyl (C=O) groups is 2. The lowest BCUT2D eigenvalue weighted by molar-refractivity contribution is 0.0199. The monoisotopic (exact) mass is 533 g/mol. The fourth-order valence-corrected chi connectivity index (χ4v) is 5.17. The van der Waals surface area contributed by atoms with Gasteiger partial charge in [0, 0.05) is 62.2 Å². The molecule has 0 radical (unpaired) electrons. The molecule has 2 saturated heterocycles. The standard InChI is InChI=1S/C31H39N3O5/c1-21-5-8-24(9-6-21)33-17-13-25(14-18-33)37-26-10-7-22-19-28(38-27(22)20-26)29(35)32-23-11-15-34(16-12-23)30(36)39-31(2,3)4/h5-10,19-20,23,25H,11-18H2,1-4H3,(H,32,35). The molecule has 2 aromatic carbocycles. The van der Waals surface area contributed by atoms with Crippen LogP contribution in [0.4, 0.5) is 10.5 Å². The Morgan fingerprint density at radius 2 is 1.62 bits per heavy atom. The molecule has 0 aliphatic carbocycles. The van der Waals surface area contributed by atoms with Crippen LogP contribution in [0, 0.1) is 6.92 Å². The second-order valence-electron chi connectivity index (χ2n) is 11.7. The smallest absolute Gasteiger partial charge is 0.410 e. The highest BCUT2D eigenvalue weighted by atomic mass is 16.6. The molecule has 0 saturated carbocycles. The zero-order valence-electron chi connectivity index (χ0n) is 23.4. The van der Waals surface area contributed by atoms with E-state index in [-0.39, 0.29) is 29.9 Å². The second-order valence-corrected chi connectivity index (χ2v) is 11.7. The van der Waals surface area contributed by atoms with Gasteiger partial charge in [0.2, 0.25) is 0 Å². The summed E-state index contributed by atoms with van der Waals surface area (Å²) >= 11 is 0. The molecule has 2 aliphatic heterocycles. The van der Waals surface area contributed by atoms with Crippen LogP contribution < -0.4 is 15.0 Å². The number of furan rings is 1. The summed E-state index contributed by atoms with van der Waals surface area (Å²) in [5, 5.41) is 3.92. The van der Waals surface area contributed by atoms with Crippen molar-refractivity contribution in [2.45, 2.75) is 71.1 Å². The summed E-state index contributed by atoms with van der Waals surface area (Å²) in [6.45, 7) is 10.7. The van der Waals surface area contributed by atoms with Gasteiger partial charge in [-0.25, -0.2) is 4.79 Å². The fourth-order valence-electron chi connectivity index (χ4n) is 5.17. The van der Waals surface area contributed by atoms with Crippen molar-refractivity contribution in [2.24, 2.45) is 0 Å². The SMILES string of the molecule is Cc1ccc(N2CCC(Oc3ccc4cc(C(=O)NC5CCN(C(=O)OC(C)(C)C)CC5)oc4c3)CC2)cc1. The Morgan fingerprint density at radius 3 is 2.28 bits per heavy atom. The summed E-state index contributed by atoms with van der Waals surface area (Å²) in [5.74, 6) is 0.795. The zero-order valence-corrected chi connectivity index (χ0v) is 23.4. The molecule has 1 N–H and O–H groups in total. The molecule has 3 aromatic rings. The first-order chi connectivity index (χ1) is 18.6. The summed E-state index contributed by atoms with van der Waals surface area (Å²) in [5.41, 5.74) is 2.64. The first-order valence-corrected chi connectivity index (χ1v) is 13.9. The van der Waals surface area contributed by atoms with Gasteiger partial charge in [-0.15, -0.1) is 0 Å². The maximum absolute atomic E-state index is 12.9. The quantitative estimate of drug-likeness (QED) is 0.438. The van der Waals surface area contributed by atoms with Crippen LogP contribution in [0.1, 0.15) is 62.6 Å². The van der Waals surface area contributed by atoms with E-state index in [0.29, 0.717) is 31.5 Å². The second kappa shape index (κ2) is 11.2. The van der Waals surface area contributed by atoms with Crippen LogP contribution >= 0.6 is 0 Å². The van der Waals surface area contributed by atoms with Crippen LogP contribution in [0.15, 0.2) is 52.9 Å². The maximum Gasteiger partial charge on any atom is 0.410 e. The number of piperidine rings is 2. The molecule has 0 spiro atoms. The largest absolute Gasteiger partial charge is 0.490 e. The summed E-state index contributed by atoms with van der Waals surface area (Å²) in [4.78, 5) is 29.3. The molecule has 2 fully saturated rings. The van der Waals surface area contributed by atoms with Gasteiger partial charge in [-0.2, -0.15) is 0 Å². The van der Waals surface area contributed by atoms with Crippen molar-refractivity contribution in [2.75, 3.05) is 31.1 Å². The number of hydrogen-bond donors (Lipinski definition) is 1. The molecule has 3 heterocycles. The molecule has 2 amide bonds. The van der Waals surface area contributed by atoms with Crippen LogP contribution in [-0.2, 0) is 4.74 Å². The Bertz CT molecular complexity index is 1290. The van der Waals surface area contributed by atoms with Crippen molar-refractivity contribution < 1.29 is 23.5 Å². The van der Waals surface area contributed by atoms with Gasteiger partial charge < -0.3 is 29.0 Å². The Balaban J connectivity index is 1.12. The van der Waals surface area contributed by atoms with Crippen molar-refractivity contribution in [3.8, 4) is 5.75 Å². The van der Waals surface area contributed by atoms with Crippen LogP contribution in [0.3, 0.4) is 0 Å².